The summed E-state index contributed by atoms with van der Waals surface area (Å²) in [6.07, 6.45) is 3.82. The van der Waals surface area contributed by atoms with Crippen LogP contribution in [-0.2, 0) is 4.79 Å². The highest BCUT2D eigenvalue weighted by atomic mass is 32.1. The van der Waals surface area contributed by atoms with Gasteiger partial charge in [-0.15, -0.1) is 11.3 Å². The molecule has 0 spiro atoms. The summed E-state index contributed by atoms with van der Waals surface area (Å²) in [6.45, 7) is 1.13. The fraction of sp³-hybridized carbons (Fsp3) is 0.450. The number of aromatic nitrogens is 1. The number of thiazole rings is 1. The molecule has 1 atom stereocenters. The first-order valence-corrected chi connectivity index (χ1v) is 10.5. The van der Waals surface area contributed by atoms with Crippen LogP contribution < -0.4 is 15.4 Å². The maximum absolute atomic E-state index is 12.9. The molecule has 1 aliphatic carbocycles. The van der Waals surface area contributed by atoms with Crippen molar-refractivity contribution < 1.29 is 14.3 Å². The number of methoxy groups -OCH3 is 1. The molecule has 2 amide bonds. The van der Waals surface area contributed by atoms with E-state index in [-0.39, 0.29) is 17.7 Å². The van der Waals surface area contributed by atoms with E-state index in [1.165, 1.54) is 11.3 Å². The number of carbonyl (C=O) groups is 2. The van der Waals surface area contributed by atoms with Crippen LogP contribution in [0.5, 0.6) is 5.75 Å². The van der Waals surface area contributed by atoms with Crippen LogP contribution in [0.3, 0.4) is 0 Å². The molecule has 2 heterocycles. The number of hydrogen-bond donors (Lipinski definition) is 2. The highest BCUT2D eigenvalue weighted by Crippen LogP contribution is 2.26. The highest BCUT2D eigenvalue weighted by molar-refractivity contribution is 7.14. The smallest absolute Gasteiger partial charge is 0.273 e. The van der Waals surface area contributed by atoms with Crippen LogP contribution in [0.25, 0.3) is 0 Å². The number of likely N-dealkylation sites (tertiary alicyclic amines) is 1. The van der Waals surface area contributed by atoms with Crippen molar-refractivity contribution in [3.63, 3.8) is 0 Å². The molecule has 2 aromatic rings. The van der Waals surface area contributed by atoms with Crippen LogP contribution in [-0.4, -0.2) is 47.9 Å². The Kier molecular flexibility index (Phi) is 5.47. The fourth-order valence-corrected chi connectivity index (χ4v) is 4.04. The van der Waals surface area contributed by atoms with Gasteiger partial charge in [0.05, 0.1) is 13.0 Å². The number of ether oxygens (including phenoxy) is 1. The van der Waals surface area contributed by atoms with Gasteiger partial charge in [0, 0.05) is 36.3 Å². The minimum absolute atomic E-state index is 0.0821. The van der Waals surface area contributed by atoms with E-state index in [0.29, 0.717) is 30.0 Å². The van der Waals surface area contributed by atoms with Gasteiger partial charge in [-0.25, -0.2) is 4.98 Å². The molecule has 0 bridgehead atoms. The van der Waals surface area contributed by atoms with Gasteiger partial charge < -0.3 is 20.3 Å². The standard InChI is InChI=1S/C20H24N4O3S/c1-27-16-6-2-5-15(10-16)22-20-23-17(12-28-20)19(26)24-9-3-4-13(11-24)18(25)21-14-7-8-14/h2,5-6,10,12-14H,3-4,7-9,11H2,1H3,(H,21,25)(H,22,23). The second-order valence-corrected chi connectivity index (χ2v) is 8.13. The van der Waals surface area contributed by atoms with Gasteiger partial charge in [-0.1, -0.05) is 6.07 Å². The summed E-state index contributed by atoms with van der Waals surface area (Å²) in [5.74, 6) is 0.602. The van der Waals surface area contributed by atoms with Crippen molar-refractivity contribution in [1.82, 2.24) is 15.2 Å². The maximum Gasteiger partial charge on any atom is 0.273 e. The molecule has 1 unspecified atom stereocenters. The Bertz CT molecular complexity index is 865. The normalized spacial score (nSPS) is 19.2. The van der Waals surface area contributed by atoms with Gasteiger partial charge in [0.15, 0.2) is 5.13 Å². The van der Waals surface area contributed by atoms with Gasteiger partial charge >= 0.3 is 0 Å². The predicted octanol–water partition coefficient (Wildman–Crippen LogP) is 3.03. The number of rotatable bonds is 6. The molecule has 7 nitrogen and oxygen atoms in total. The third-order valence-electron chi connectivity index (χ3n) is 5.05. The first-order chi connectivity index (χ1) is 13.6. The Morgan fingerprint density at radius 2 is 2.14 bits per heavy atom. The lowest BCUT2D eigenvalue weighted by atomic mass is 9.97. The third kappa shape index (κ3) is 4.44. The first-order valence-electron chi connectivity index (χ1n) is 9.58. The molecule has 1 saturated heterocycles. The van der Waals surface area contributed by atoms with Gasteiger partial charge in [-0.3, -0.25) is 9.59 Å². The zero-order valence-electron chi connectivity index (χ0n) is 15.8. The summed E-state index contributed by atoms with van der Waals surface area (Å²) in [4.78, 5) is 31.4. The fourth-order valence-electron chi connectivity index (χ4n) is 3.34. The Morgan fingerprint density at radius 1 is 1.29 bits per heavy atom. The van der Waals surface area contributed by atoms with Crippen LogP contribution in [0.15, 0.2) is 29.6 Å². The largest absolute Gasteiger partial charge is 0.497 e. The van der Waals surface area contributed by atoms with E-state index in [9.17, 15) is 9.59 Å². The van der Waals surface area contributed by atoms with Gasteiger partial charge in [-0.05, 0) is 37.8 Å². The molecular formula is C20H24N4O3S. The molecule has 1 aromatic heterocycles. The van der Waals surface area contributed by atoms with E-state index in [2.05, 4.69) is 15.6 Å². The third-order valence-corrected chi connectivity index (χ3v) is 5.81. The molecule has 4 rings (SSSR count). The predicted molar refractivity (Wildman–Crippen MR) is 108 cm³/mol. The summed E-state index contributed by atoms with van der Waals surface area (Å²) >= 11 is 1.38. The van der Waals surface area contributed by atoms with Crippen molar-refractivity contribution in [1.29, 1.82) is 0 Å². The average molecular weight is 401 g/mol. The average Bonchev–Trinajstić information content (AvgIpc) is 3.42. The molecule has 1 saturated carbocycles. The minimum atomic E-state index is -0.119. The van der Waals surface area contributed by atoms with Gasteiger partial charge in [0.2, 0.25) is 5.91 Å². The molecule has 2 aliphatic rings. The highest BCUT2D eigenvalue weighted by Gasteiger charge is 2.32. The second kappa shape index (κ2) is 8.18. The number of amides is 2. The topological polar surface area (TPSA) is 83.6 Å². The Balaban J connectivity index is 1.38. The summed E-state index contributed by atoms with van der Waals surface area (Å²) < 4.78 is 5.22. The number of hydrogen-bond acceptors (Lipinski definition) is 6. The molecule has 8 heteroatoms. The van der Waals surface area contributed by atoms with E-state index in [1.54, 1.807) is 17.4 Å². The Morgan fingerprint density at radius 3 is 2.93 bits per heavy atom. The number of anilines is 2. The number of benzene rings is 1. The van der Waals surface area contributed by atoms with Gasteiger partial charge in [-0.2, -0.15) is 0 Å². The Labute approximate surface area is 168 Å². The van der Waals surface area contributed by atoms with Crippen molar-refractivity contribution in [3.05, 3.63) is 35.3 Å². The van der Waals surface area contributed by atoms with Crippen LogP contribution in [0.4, 0.5) is 10.8 Å². The second-order valence-electron chi connectivity index (χ2n) is 7.27. The molecular weight excluding hydrogens is 376 g/mol. The van der Waals surface area contributed by atoms with Crippen molar-refractivity contribution in [3.8, 4) is 5.75 Å². The summed E-state index contributed by atoms with van der Waals surface area (Å²) in [5, 5.41) is 8.67. The lowest BCUT2D eigenvalue weighted by Gasteiger charge is -2.31. The van der Waals surface area contributed by atoms with Crippen LogP contribution >= 0.6 is 11.3 Å². The van der Waals surface area contributed by atoms with Crippen LogP contribution in [0.1, 0.15) is 36.2 Å². The van der Waals surface area contributed by atoms with E-state index in [4.69, 9.17) is 4.74 Å². The SMILES string of the molecule is COc1cccc(Nc2nc(C(=O)N3CCCC(C(=O)NC4CC4)C3)cs2)c1. The lowest BCUT2D eigenvalue weighted by molar-refractivity contribution is -0.126. The van der Waals surface area contributed by atoms with Crippen molar-refractivity contribution in [2.75, 3.05) is 25.5 Å². The molecule has 1 aliphatic heterocycles. The van der Waals surface area contributed by atoms with Crippen molar-refractivity contribution in [2.45, 2.75) is 31.7 Å². The molecule has 0 radical (unpaired) electrons. The summed E-state index contributed by atoms with van der Waals surface area (Å²) in [5.41, 5.74) is 1.26. The zero-order valence-corrected chi connectivity index (χ0v) is 16.6. The molecule has 148 valence electrons. The minimum Gasteiger partial charge on any atom is -0.497 e. The molecule has 28 heavy (non-hydrogen) atoms. The zero-order chi connectivity index (χ0) is 19.5. The Hall–Kier alpha value is -2.61. The first kappa shape index (κ1) is 18.7. The van der Waals surface area contributed by atoms with Gasteiger partial charge in [0.1, 0.15) is 11.4 Å². The van der Waals surface area contributed by atoms with Crippen LogP contribution in [0, 0.1) is 5.92 Å². The number of nitrogens with one attached hydrogen (secondary N) is 2. The molecule has 2 N–H and O–H groups in total. The molecule has 2 fully saturated rings. The van der Waals surface area contributed by atoms with Gasteiger partial charge in [0.25, 0.3) is 5.91 Å². The lowest BCUT2D eigenvalue weighted by Crippen LogP contribution is -2.46. The number of carbonyl (C=O) groups excluding carboxylic acids is 2. The summed E-state index contributed by atoms with van der Waals surface area (Å²) in [7, 11) is 1.62. The molecule has 1 aromatic carbocycles. The van der Waals surface area contributed by atoms with E-state index < -0.39 is 0 Å². The van der Waals surface area contributed by atoms with Crippen LogP contribution in [0.2, 0.25) is 0 Å². The van der Waals surface area contributed by atoms with Crippen molar-refractivity contribution >= 4 is 34.0 Å². The number of piperidine rings is 1. The van der Waals surface area contributed by atoms with E-state index >= 15 is 0 Å². The van der Waals surface area contributed by atoms with E-state index in [0.717, 1.165) is 37.1 Å². The number of nitrogens with zero attached hydrogens (tertiary/aromatic N) is 2. The monoisotopic (exact) mass is 400 g/mol. The van der Waals surface area contributed by atoms with Crippen molar-refractivity contribution in [2.24, 2.45) is 5.92 Å². The van der Waals surface area contributed by atoms with E-state index in [1.807, 2.05) is 24.3 Å². The summed E-state index contributed by atoms with van der Waals surface area (Å²) in [6, 6.07) is 7.90. The maximum atomic E-state index is 12.9. The quantitative estimate of drug-likeness (QED) is 0.779.